The molecule has 0 saturated heterocycles. The smallest absolute Gasteiger partial charge is 0.0945 e. The summed E-state index contributed by atoms with van der Waals surface area (Å²) in [6.45, 7) is 4.86. The van der Waals surface area contributed by atoms with Crippen molar-refractivity contribution in [3.63, 3.8) is 0 Å². The lowest BCUT2D eigenvalue weighted by molar-refractivity contribution is 0.00749. The van der Waals surface area contributed by atoms with E-state index in [0.29, 0.717) is 26.4 Å². The van der Waals surface area contributed by atoms with Crippen LogP contribution < -0.4 is 5.32 Å². The van der Waals surface area contributed by atoms with Crippen molar-refractivity contribution in [1.29, 1.82) is 0 Å². The standard InChI is InChI=1S/C16H27NO3S/c1-3-4-9-19-10-11-20-13-15(18)12-17-14-5-7-16(21-2)8-6-14/h5-8,15,17-18H,3-4,9-13H2,1-2H3. The fourth-order valence-corrected chi connectivity index (χ4v) is 2.10. The third-order valence-corrected chi connectivity index (χ3v) is 3.70. The fourth-order valence-electron chi connectivity index (χ4n) is 1.69. The highest BCUT2D eigenvalue weighted by Gasteiger charge is 2.04. The molecule has 0 radical (unpaired) electrons. The highest BCUT2D eigenvalue weighted by Crippen LogP contribution is 2.17. The topological polar surface area (TPSA) is 50.7 Å². The lowest BCUT2D eigenvalue weighted by Gasteiger charge is -2.13. The monoisotopic (exact) mass is 313 g/mol. The van der Waals surface area contributed by atoms with E-state index >= 15 is 0 Å². The van der Waals surface area contributed by atoms with Gasteiger partial charge in [0.25, 0.3) is 0 Å². The Morgan fingerprint density at radius 3 is 2.52 bits per heavy atom. The number of anilines is 1. The molecule has 0 aromatic heterocycles. The van der Waals surface area contributed by atoms with Gasteiger partial charge in [-0.05, 0) is 36.9 Å². The number of aliphatic hydroxyl groups is 1. The second-order valence-corrected chi connectivity index (χ2v) is 5.68. The van der Waals surface area contributed by atoms with Crippen LogP contribution in [0.3, 0.4) is 0 Å². The molecule has 1 aromatic carbocycles. The van der Waals surface area contributed by atoms with Crippen molar-refractivity contribution in [3.05, 3.63) is 24.3 Å². The van der Waals surface area contributed by atoms with E-state index in [2.05, 4.69) is 30.6 Å². The third kappa shape index (κ3) is 8.98. The van der Waals surface area contributed by atoms with Gasteiger partial charge >= 0.3 is 0 Å². The normalized spacial score (nSPS) is 12.3. The predicted octanol–water partition coefficient (Wildman–Crippen LogP) is 3.01. The first-order valence-electron chi connectivity index (χ1n) is 7.47. The van der Waals surface area contributed by atoms with Gasteiger partial charge in [0.2, 0.25) is 0 Å². The molecule has 0 amide bonds. The van der Waals surface area contributed by atoms with Crippen molar-refractivity contribution < 1.29 is 14.6 Å². The molecule has 1 unspecified atom stereocenters. The van der Waals surface area contributed by atoms with Crippen molar-refractivity contribution in [2.24, 2.45) is 0 Å². The number of nitrogens with one attached hydrogen (secondary N) is 1. The fraction of sp³-hybridized carbons (Fsp3) is 0.625. The number of unbranched alkanes of at least 4 members (excludes halogenated alkanes) is 1. The minimum Gasteiger partial charge on any atom is -0.389 e. The van der Waals surface area contributed by atoms with Crippen molar-refractivity contribution >= 4 is 17.4 Å². The van der Waals surface area contributed by atoms with Crippen LogP contribution in [-0.2, 0) is 9.47 Å². The Morgan fingerprint density at radius 2 is 1.86 bits per heavy atom. The van der Waals surface area contributed by atoms with Crippen LogP contribution in [0.5, 0.6) is 0 Å². The highest BCUT2D eigenvalue weighted by atomic mass is 32.2. The lowest BCUT2D eigenvalue weighted by Crippen LogP contribution is -2.25. The van der Waals surface area contributed by atoms with Gasteiger partial charge in [0.05, 0.1) is 25.9 Å². The Bertz CT molecular complexity index is 359. The van der Waals surface area contributed by atoms with E-state index in [4.69, 9.17) is 9.47 Å². The Balaban J connectivity index is 2.03. The van der Waals surface area contributed by atoms with E-state index in [1.807, 2.05) is 12.1 Å². The van der Waals surface area contributed by atoms with Gasteiger partial charge in [-0.15, -0.1) is 11.8 Å². The summed E-state index contributed by atoms with van der Waals surface area (Å²) >= 11 is 1.71. The molecule has 0 aliphatic rings. The lowest BCUT2D eigenvalue weighted by atomic mass is 10.3. The summed E-state index contributed by atoms with van der Waals surface area (Å²) in [5.41, 5.74) is 1.01. The van der Waals surface area contributed by atoms with E-state index in [1.54, 1.807) is 11.8 Å². The van der Waals surface area contributed by atoms with Crippen LogP contribution in [0.25, 0.3) is 0 Å². The van der Waals surface area contributed by atoms with Gasteiger partial charge in [-0.3, -0.25) is 0 Å². The summed E-state index contributed by atoms with van der Waals surface area (Å²) in [5, 5.41) is 13.0. The largest absolute Gasteiger partial charge is 0.389 e. The Hall–Kier alpha value is -0.750. The zero-order chi connectivity index (χ0) is 15.3. The van der Waals surface area contributed by atoms with Gasteiger partial charge in [0.1, 0.15) is 0 Å². The maximum atomic E-state index is 9.82. The first-order valence-corrected chi connectivity index (χ1v) is 8.70. The second kappa shape index (κ2) is 11.9. The van der Waals surface area contributed by atoms with Crippen molar-refractivity contribution in [1.82, 2.24) is 0 Å². The van der Waals surface area contributed by atoms with Crippen LogP contribution in [0.4, 0.5) is 5.69 Å². The summed E-state index contributed by atoms with van der Waals surface area (Å²) in [7, 11) is 0. The van der Waals surface area contributed by atoms with Gasteiger partial charge in [0, 0.05) is 23.7 Å². The van der Waals surface area contributed by atoms with Gasteiger partial charge in [-0.1, -0.05) is 13.3 Å². The molecule has 0 fully saturated rings. The van der Waals surface area contributed by atoms with Gasteiger partial charge in [0.15, 0.2) is 0 Å². The summed E-state index contributed by atoms with van der Waals surface area (Å²) in [5.74, 6) is 0. The molecule has 0 aliphatic heterocycles. The van der Waals surface area contributed by atoms with E-state index in [-0.39, 0.29) is 0 Å². The Morgan fingerprint density at radius 1 is 1.14 bits per heavy atom. The van der Waals surface area contributed by atoms with Gasteiger partial charge in [-0.2, -0.15) is 0 Å². The molecule has 0 bridgehead atoms. The molecule has 1 rings (SSSR count). The number of ether oxygens (including phenoxy) is 2. The molecule has 5 heteroatoms. The number of hydrogen-bond acceptors (Lipinski definition) is 5. The second-order valence-electron chi connectivity index (χ2n) is 4.80. The molecule has 4 nitrogen and oxygen atoms in total. The molecule has 0 heterocycles. The Kier molecular flexibility index (Phi) is 10.3. The summed E-state index contributed by atoms with van der Waals surface area (Å²) in [4.78, 5) is 1.23. The maximum Gasteiger partial charge on any atom is 0.0945 e. The zero-order valence-corrected chi connectivity index (χ0v) is 13.8. The van der Waals surface area contributed by atoms with E-state index < -0.39 is 6.10 Å². The van der Waals surface area contributed by atoms with Crippen LogP contribution in [0.2, 0.25) is 0 Å². The SMILES string of the molecule is CCCCOCCOCC(O)CNc1ccc(SC)cc1. The molecule has 1 aromatic rings. The summed E-state index contributed by atoms with van der Waals surface area (Å²) < 4.78 is 10.8. The van der Waals surface area contributed by atoms with E-state index in [9.17, 15) is 5.11 Å². The van der Waals surface area contributed by atoms with Crippen molar-refractivity contribution in [3.8, 4) is 0 Å². The van der Waals surface area contributed by atoms with E-state index in [0.717, 1.165) is 25.1 Å². The van der Waals surface area contributed by atoms with Gasteiger partial charge in [-0.25, -0.2) is 0 Å². The Labute approximate surface area is 132 Å². The maximum absolute atomic E-state index is 9.82. The predicted molar refractivity (Wildman–Crippen MR) is 89.3 cm³/mol. The minimum absolute atomic E-state index is 0.326. The van der Waals surface area contributed by atoms with Crippen LogP contribution in [0.1, 0.15) is 19.8 Å². The van der Waals surface area contributed by atoms with Crippen LogP contribution in [0, 0.1) is 0 Å². The third-order valence-electron chi connectivity index (χ3n) is 2.96. The molecule has 2 N–H and O–H groups in total. The quantitative estimate of drug-likeness (QED) is 0.459. The molecular weight excluding hydrogens is 286 g/mol. The molecule has 21 heavy (non-hydrogen) atoms. The number of hydrogen-bond donors (Lipinski definition) is 2. The molecule has 0 spiro atoms. The number of aliphatic hydroxyl groups excluding tert-OH is 1. The average Bonchev–Trinajstić information content (AvgIpc) is 2.52. The minimum atomic E-state index is -0.513. The number of benzene rings is 1. The zero-order valence-electron chi connectivity index (χ0n) is 13.0. The average molecular weight is 313 g/mol. The molecule has 1 atom stereocenters. The first-order chi connectivity index (χ1) is 10.3. The molecule has 0 saturated carbocycles. The number of rotatable bonds is 12. The first kappa shape index (κ1) is 18.3. The van der Waals surface area contributed by atoms with Crippen LogP contribution >= 0.6 is 11.8 Å². The summed E-state index contributed by atoms with van der Waals surface area (Å²) in [6.07, 6.45) is 3.77. The van der Waals surface area contributed by atoms with Crippen molar-refractivity contribution in [2.75, 3.05) is 44.5 Å². The molecule has 120 valence electrons. The summed E-state index contributed by atoms with van der Waals surface area (Å²) in [6, 6.07) is 8.15. The van der Waals surface area contributed by atoms with Crippen LogP contribution in [-0.4, -0.2) is 50.4 Å². The molecule has 0 aliphatic carbocycles. The van der Waals surface area contributed by atoms with E-state index in [1.165, 1.54) is 4.90 Å². The molecular formula is C16H27NO3S. The van der Waals surface area contributed by atoms with Crippen molar-refractivity contribution in [2.45, 2.75) is 30.8 Å². The van der Waals surface area contributed by atoms with Crippen LogP contribution in [0.15, 0.2) is 29.2 Å². The van der Waals surface area contributed by atoms with Gasteiger partial charge < -0.3 is 19.9 Å². The number of thioether (sulfide) groups is 1. The highest BCUT2D eigenvalue weighted by molar-refractivity contribution is 7.98.